The second-order valence-corrected chi connectivity index (χ2v) is 6.27. The second-order valence-electron chi connectivity index (χ2n) is 6.27. The van der Waals surface area contributed by atoms with Gasteiger partial charge >= 0.3 is 0 Å². The average molecular weight is 349 g/mol. The quantitative estimate of drug-likeness (QED) is 0.597. The summed E-state index contributed by atoms with van der Waals surface area (Å²) >= 11 is 0. The van der Waals surface area contributed by atoms with Gasteiger partial charge in [-0.1, -0.05) is 0 Å². The Hall–Kier alpha value is -1.99. The van der Waals surface area contributed by atoms with Gasteiger partial charge in [0, 0.05) is 51.0 Å². The zero-order valence-corrected chi connectivity index (χ0v) is 16.0. The molecule has 1 aliphatic rings. The van der Waals surface area contributed by atoms with Crippen LogP contribution in [0, 0.1) is 0 Å². The van der Waals surface area contributed by atoms with E-state index in [1.54, 1.807) is 14.2 Å². The molecular formula is C18H31N5O2. The van der Waals surface area contributed by atoms with E-state index in [0.29, 0.717) is 12.6 Å². The van der Waals surface area contributed by atoms with E-state index in [2.05, 4.69) is 39.5 Å². The highest BCUT2D eigenvalue weighted by Gasteiger charge is 2.22. The van der Waals surface area contributed by atoms with Crippen LogP contribution in [0.15, 0.2) is 23.2 Å². The number of hydrogen-bond donors (Lipinski definition) is 2. The van der Waals surface area contributed by atoms with E-state index in [-0.39, 0.29) is 0 Å². The third kappa shape index (κ3) is 5.51. The smallest absolute Gasteiger partial charge is 0.195 e. The van der Waals surface area contributed by atoms with Gasteiger partial charge in [-0.2, -0.15) is 0 Å². The molecule has 25 heavy (non-hydrogen) atoms. The van der Waals surface area contributed by atoms with E-state index in [0.717, 1.165) is 49.3 Å². The molecule has 2 rings (SSSR count). The van der Waals surface area contributed by atoms with Crippen LogP contribution in [0.5, 0.6) is 11.5 Å². The minimum absolute atomic E-state index is 0.465. The van der Waals surface area contributed by atoms with Crippen LogP contribution < -0.4 is 20.1 Å². The van der Waals surface area contributed by atoms with E-state index in [1.165, 1.54) is 0 Å². The minimum atomic E-state index is 0.465. The first-order valence-corrected chi connectivity index (χ1v) is 8.74. The summed E-state index contributed by atoms with van der Waals surface area (Å²) in [5.41, 5.74) is 0.909. The monoisotopic (exact) mass is 349 g/mol. The summed E-state index contributed by atoms with van der Waals surface area (Å²) in [5.74, 6) is 2.19. The highest BCUT2D eigenvalue weighted by molar-refractivity contribution is 5.93. The Kier molecular flexibility index (Phi) is 7.33. The molecule has 1 unspecified atom stereocenters. The van der Waals surface area contributed by atoms with Crippen LogP contribution in [0.1, 0.15) is 6.92 Å². The fourth-order valence-corrected chi connectivity index (χ4v) is 2.87. The lowest BCUT2D eigenvalue weighted by Gasteiger charge is -2.37. The lowest BCUT2D eigenvalue weighted by Crippen LogP contribution is -2.54. The molecule has 7 nitrogen and oxygen atoms in total. The number of piperazine rings is 1. The number of ether oxygens (including phenoxy) is 2. The standard InChI is InChI=1S/C18H31N5O2/c1-6-25-17-11-14(7-8-16(17)24-5)21-18(19-2)20-12-15-13-22(3)9-10-23(15)4/h7-8,11,15H,6,9-10,12-13H2,1-5H3,(H2,19,20,21). The molecule has 1 heterocycles. The molecule has 7 heteroatoms. The van der Waals surface area contributed by atoms with Gasteiger partial charge in [0.25, 0.3) is 0 Å². The fraction of sp³-hybridized carbons (Fsp3) is 0.611. The molecule has 140 valence electrons. The van der Waals surface area contributed by atoms with E-state index in [4.69, 9.17) is 9.47 Å². The first-order valence-electron chi connectivity index (χ1n) is 8.74. The maximum atomic E-state index is 5.63. The number of hydrogen-bond acceptors (Lipinski definition) is 5. The van der Waals surface area contributed by atoms with Crippen LogP contribution in [-0.2, 0) is 0 Å². The van der Waals surface area contributed by atoms with Gasteiger partial charge in [0.1, 0.15) is 0 Å². The summed E-state index contributed by atoms with van der Waals surface area (Å²) in [6.07, 6.45) is 0. The number of nitrogens with one attached hydrogen (secondary N) is 2. The van der Waals surface area contributed by atoms with Crippen molar-refractivity contribution in [3.8, 4) is 11.5 Å². The van der Waals surface area contributed by atoms with Gasteiger partial charge in [-0.15, -0.1) is 0 Å². The number of anilines is 1. The predicted molar refractivity (Wildman–Crippen MR) is 103 cm³/mol. The van der Waals surface area contributed by atoms with Crippen LogP contribution in [-0.4, -0.2) is 82.8 Å². The first-order chi connectivity index (χ1) is 12.1. The number of aliphatic imine (C=N–C) groups is 1. The zero-order chi connectivity index (χ0) is 18.2. The lowest BCUT2D eigenvalue weighted by molar-refractivity contribution is 0.116. The molecule has 1 aromatic rings. The molecule has 0 radical (unpaired) electrons. The number of nitrogens with zero attached hydrogens (tertiary/aromatic N) is 3. The lowest BCUT2D eigenvalue weighted by atomic mass is 10.2. The predicted octanol–water partition coefficient (Wildman–Crippen LogP) is 1.33. The number of likely N-dealkylation sites (N-methyl/N-ethyl adjacent to an activating group) is 2. The molecule has 1 fully saturated rings. The number of methoxy groups -OCH3 is 1. The van der Waals surface area contributed by atoms with Crippen LogP contribution in [0.2, 0.25) is 0 Å². The molecule has 2 N–H and O–H groups in total. The third-order valence-electron chi connectivity index (χ3n) is 4.44. The van der Waals surface area contributed by atoms with Crippen molar-refractivity contribution < 1.29 is 9.47 Å². The summed E-state index contributed by atoms with van der Waals surface area (Å²) in [5, 5.41) is 6.73. The van der Waals surface area contributed by atoms with Gasteiger partial charge in [0.05, 0.1) is 13.7 Å². The van der Waals surface area contributed by atoms with Crippen molar-refractivity contribution in [3.63, 3.8) is 0 Å². The van der Waals surface area contributed by atoms with Gasteiger partial charge in [-0.05, 0) is 33.2 Å². The van der Waals surface area contributed by atoms with Crippen molar-refractivity contribution in [2.24, 2.45) is 4.99 Å². The number of benzene rings is 1. The maximum absolute atomic E-state index is 5.63. The summed E-state index contributed by atoms with van der Waals surface area (Å²) in [6.45, 7) is 6.65. The van der Waals surface area contributed by atoms with Gasteiger partial charge in [-0.3, -0.25) is 9.89 Å². The van der Waals surface area contributed by atoms with Crippen molar-refractivity contribution in [1.29, 1.82) is 0 Å². The van der Waals surface area contributed by atoms with E-state index in [1.807, 2.05) is 25.1 Å². The first kappa shape index (κ1) is 19.3. The van der Waals surface area contributed by atoms with Crippen LogP contribution in [0.4, 0.5) is 5.69 Å². The molecule has 1 aromatic carbocycles. The van der Waals surface area contributed by atoms with Crippen LogP contribution in [0.25, 0.3) is 0 Å². The normalized spacial score (nSPS) is 19.6. The molecule has 0 spiro atoms. The molecule has 1 saturated heterocycles. The Balaban J connectivity index is 1.96. The molecule has 1 atom stereocenters. The fourth-order valence-electron chi connectivity index (χ4n) is 2.87. The highest BCUT2D eigenvalue weighted by Crippen LogP contribution is 2.30. The summed E-state index contributed by atoms with van der Waals surface area (Å²) in [7, 11) is 7.76. The third-order valence-corrected chi connectivity index (χ3v) is 4.44. The number of guanidine groups is 1. The second kappa shape index (κ2) is 9.48. The molecule has 0 aliphatic carbocycles. The Morgan fingerprint density at radius 1 is 1.28 bits per heavy atom. The molecule has 0 bridgehead atoms. The van der Waals surface area contributed by atoms with Crippen molar-refractivity contribution in [2.45, 2.75) is 13.0 Å². The van der Waals surface area contributed by atoms with E-state index >= 15 is 0 Å². The van der Waals surface area contributed by atoms with Crippen molar-refractivity contribution >= 4 is 11.6 Å². The van der Waals surface area contributed by atoms with Gasteiger partial charge in [0.2, 0.25) is 0 Å². The van der Waals surface area contributed by atoms with E-state index in [9.17, 15) is 0 Å². The molecule has 0 amide bonds. The van der Waals surface area contributed by atoms with Crippen LogP contribution >= 0.6 is 0 Å². The SMILES string of the molecule is CCOc1cc(NC(=NC)NCC2CN(C)CCN2C)ccc1OC. The Morgan fingerprint density at radius 2 is 2.08 bits per heavy atom. The molecular weight excluding hydrogens is 318 g/mol. The topological polar surface area (TPSA) is 61.4 Å². The maximum Gasteiger partial charge on any atom is 0.195 e. The average Bonchev–Trinajstić information content (AvgIpc) is 2.61. The van der Waals surface area contributed by atoms with Crippen molar-refractivity contribution in [3.05, 3.63) is 18.2 Å². The summed E-state index contributed by atoms with van der Waals surface area (Å²) in [6, 6.07) is 6.24. The van der Waals surface area contributed by atoms with Crippen molar-refractivity contribution in [2.75, 3.05) is 66.4 Å². The highest BCUT2D eigenvalue weighted by atomic mass is 16.5. The Bertz CT molecular complexity index is 579. The van der Waals surface area contributed by atoms with E-state index < -0.39 is 0 Å². The summed E-state index contributed by atoms with van der Waals surface area (Å²) in [4.78, 5) is 9.07. The summed E-state index contributed by atoms with van der Waals surface area (Å²) < 4.78 is 11.0. The molecule has 1 aliphatic heterocycles. The molecule has 0 saturated carbocycles. The van der Waals surface area contributed by atoms with Gasteiger partial charge in [0.15, 0.2) is 17.5 Å². The van der Waals surface area contributed by atoms with Crippen LogP contribution in [0.3, 0.4) is 0 Å². The Morgan fingerprint density at radius 3 is 2.76 bits per heavy atom. The Labute approximate surface area is 151 Å². The zero-order valence-electron chi connectivity index (χ0n) is 16.0. The van der Waals surface area contributed by atoms with Gasteiger partial charge in [-0.25, -0.2) is 0 Å². The minimum Gasteiger partial charge on any atom is -0.493 e. The largest absolute Gasteiger partial charge is 0.493 e. The van der Waals surface area contributed by atoms with Crippen molar-refractivity contribution in [1.82, 2.24) is 15.1 Å². The molecule has 0 aromatic heterocycles. The number of rotatable bonds is 6. The van der Waals surface area contributed by atoms with Gasteiger partial charge < -0.3 is 25.0 Å².